The zero-order chi connectivity index (χ0) is 12.7. The molecule has 1 aliphatic heterocycles. The first kappa shape index (κ1) is 11.0. The van der Waals surface area contributed by atoms with Crippen molar-refractivity contribution in [2.24, 2.45) is 0 Å². The fourth-order valence-corrected chi connectivity index (χ4v) is 2.16. The summed E-state index contributed by atoms with van der Waals surface area (Å²) in [5, 5.41) is 8.74. The van der Waals surface area contributed by atoms with Gasteiger partial charge in [0, 0.05) is 16.8 Å². The van der Waals surface area contributed by atoms with Crippen molar-refractivity contribution in [1.82, 2.24) is 14.8 Å². The normalized spacial score (nSPS) is 12.9. The molecule has 0 aliphatic carbocycles. The number of methoxy groups -OCH3 is 1. The zero-order valence-corrected chi connectivity index (χ0v) is 10.5. The minimum Gasteiger partial charge on any atom is -0.467 e. The first-order valence-corrected chi connectivity index (χ1v) is 5.75. The van der Waals surface area contributed by atoms with Gasteiger partial charge in [0.2, 0.25) is 0 Å². The van der Waals surface area contributed by atoms with Crippen LogP contribution < -0.4 is 4.74 Å². The summed E-state index contributed by atoms with van der Waals surface area (Å²) in [5.74, 6) is 0.671. The minimum atomic E-state index is 0.432. The molecule has 3 rings (SSSR count). The molecule has 0 saturated heterocycles. The van der Waals surface area contributed by atoms with Crippen LogP contribution in [-0.4, -0.2) is 21.9 Å². The third kappa shape index (κ3) is 1.54. The molecule has 4 nitrogen and oxygen atoms in total. The molecule has 0 spiro atoms. The van der Waals surface area contributed by atoms with Crippen LogP contribution in [0, 0.1) is 0 Å². The minimum absolute atomic E-state index is 0.432. The summed E-state index contributed by atoms with van der Waals surface area (Å²) in [6.45, 7) is 4.07. The van der Waals surface area contributed by atoms with Crippen LogP contribution in [0.25, 0.3) is 17.8 Å². The van der Waals surface area contributed by atoms with E-state index in [1.165, 1.54) is 0 Å². The Balaban J connectivity index is 2.24. The predicted octanol–water partition coefficient (Wildman–Crippen LogP) is 2.94. The Hall–Kier alpha value is -2.07. The van der Waals surface area contributed by atoms with E-state index in [9.17, 15) is 0 Å². The number of halogens is 1. The van der Waals surface area contributed by atoms with Crippen molar-refractivity contribution in [3.05, 3.63) is 46.8 Å². The zero-order valence-electron chi connectivity index (χ0n) is 9.72. The Bertz CT molecular complexity index is 673. The van der Waals surface area contributed by atoms with E-state index in [4.69, 9.17) is 16.3 Å². The van der Waals surface area contributed by atoms with Crippen molar-refractivity contribution in [3.8, 4) is 6.01 Å². The van der Waals surface area contributed by atoms with Crippen LogP contribution in [-0.2, 0) is 0 Å². The number of hydrogen-bond donors (Lipinski definition) is 0. The number of ether oxygens (including phenoxy) is 1. The van der Waals surface area contributed by atoms with E-state index >= 15 is 0 Å². The quantitative estimate of drug-likeness (QED) is 0.675. The molecule has 0 saturated carbocycles. The SMILES string of the molecule is C=C1c2ccc(Cl)cc2C=Cn2c(OC)nnc21. The van der Waals surface area contributed by atoms with Crippen LogP contribution in [0.3, 0.4) is 0 Å². The molecule has 0 N–H and O–H groups in total. The topological polar surface area (TPSA) is 39.9 Å². The van der Waals surface area contributed by atoms with Crippen molar-refractivity contribution >= 4 is 29.5 Å². The van der Waals surface area contributed by atoms with Crippen LogP contribution in [0.5, 0.6) is 6.01 Å². The molecule has 0 amide bonds. The van der Waals surface area contributed by atoms with Crippen LogP contribution >= 0.6 is 11.6 Å². The van der Waals surface area contributed by atoms with Gasteiger partial charge < -0.3 is 4.74 Å². The van der Waals surface area contributed by atoms with E-state index in [1.54, 1.807) is 11.7 Å². The molecule has 1 aromatic carbocycles. The lowest BCUT2D eigenvalue weighted by Crippen LogP contribution is -1.97. The monoisotopic (exact) mass is 259 g/mol. The van der Waals surface area contributed by atoms with Crippen LogP contribution in [0.2, 0.25) is 5.02 Å². The van der Waals surface area contributed by atoms with Crippen molar-refractivity contribution in [3.63, 3.8) is 0 Å². The third-order valence-corrected chi connectivity index (χ3v) is 3.09. The average molecular weight is 260 g/mol. The molecular formula is C13H10ClN3O. The fraction of sp³-hybridized carbons (Fsp3) is 0.0769. The van der Waals surface area contributed by atoms with Gasteiger partial charge in [0.05, 0.1) is 7.11 Å². The molecule has 1 aromatic heterocycles. The number of aromatic nitrogens is 3. The smallest absolute Gasteiger partial charge is 0.321 e. The van der Waals surface area contributed by atoms with Crippen molar-refractivity contribution < 1.29 is 4.74 Å². The van der Waals surface area contributed by atoms with E-state index in [-0.39, 0.29) is 0 Å². The Morgan fingerprint density at radius 2 is 2.17 bits per heavy atom. The lowest BCUT2D eigenvalue weighted by Gasteiger charge is -2.06. The van der Waals surface area contributed by atoms with Gasteiger partial charge in [0.15, 0.2) is 5.82 Å². The number of hydrogen-bond acceptors (Lipinski definition) is 3. The van der Waals surface area contributed by atoms with Gasteiger partial charge >= 0.3 is 6.01 Å². The van der Waals surface area contributed by atoms with Gasteiger partial charge in [-0.25, -0.2) is 0 Å². The molecule has 0 atom stereocenters. The Kier molecular flexibility index (Phi) is 2.45. The Morgan fingerprint density at radius 3 is 2.94 bits per heavy atom. The highest BCUT2D eigenvalue weighted by Gasteiger charge is 2.19. The largest absolute Gasteiger partial charge is 0.467 e. The van der Waals surface area contributed by atoms with Gasteiger partial charge in [-0.2, -0.15) is 0 Å². The van der Waals surface area contributed by atoms with E-state index in [2.05, 4.69) is 16.8 Å². The van der Waals surface area contributed by atoms with Crippen LogP contribution in [0.15, 0.2) is 24.8 Å². The van der Waals surface area contributed by atoms with Gasteiger partial charge in [-0.05, 0) is 29.3 Å². The van der Waals surface area contributed by atoms with Crippen LogP contribution in [0.4, 0.5) is 0 Å². The number of fused-ring (bicyclic) bond motifs is 2. The third-order valence-electron chi connectivity index (χ3n) is 2.86. The number of benzene rings is 1. The van der Waals surface area contributed by atoms with Crippen LogP contribution in [0.1, 0.15) is 17.0 Å². The van der Waals surface area contributed by atoms with Crippen molar-refractivity contribution in [1.29, 1.82) is 0 Å². The van der Waals surface area contributed by atoms with Crippen molar-refractivity contribution in [2.75, 3.05) is 7.11 Å². The molecule has 0 bridgehead atoms. The maximum absolute atomic E-state index is 6.00. The summed E-state index contributed by atoms with van der Waals surface area (Å²) in [6, 6.07) is 6.09. The van der Waals surface area contributed by atoms with Gasteiger partial charge in [0.25, 0.3) is 0 Å². The van der Waals surface area contributed by atoms with Gasteiger partial charge in [-0.1, -0.05) is 29.3 Å². The first-order chi connectivity index (χ1) is 8.70. The Morgan fingerprint density at radius 1 is 1.33 bits per heavy atom. The summed E-state index contributed by atoms with van der Waals surface area (Å²) in [7, 11) is 1.56. The standard InChI is InChI=1S/C13H10ClN3O/c1-8-11-4-3-10(14)7-9(11)5-6-17-12(8)15-16-13(17)18-2/h3-7H,1H2,2H3. The molecular weight excluding hydrogens is 250 g/mol. The van der Waals surface area contributed by atoms with Crippen molar-refractivity contribution in [2.45, 2.75) is 0 Å². The summed E-state index contributed by atoms with van der Waals surface area (Å²) < 4.78 is 6.91. The summed E-state index contributed by atoms with van der Waals surface area (Å²) in [5.41, 5.74) is 2.78. The van der Waals surface area contributed by atoms with E-state index in [0.29, 0.717) is 16.9 Å². The van der Waals surface area contributed by atoms with Gasteiger partial charge in [-0.15, -0.1) is 5.10 Å². The second-order valence-corrected chi connectivity index (χ2v) is 4.34. The average Bonchev–Trinajstić information content (AvgIpc) is 2.73. The van der Waals surface area contributed by atoms with E-state index < -0.39 is 0 Å². The maximum Gasteiger partial charge on any atom is 0.321 e. The second kappa shape index (κ2) is 3.99. The molecule has 18 heavy (non-hydrogen) atoms. The lowest BCUT2D eigenvalue weighted by atomic mass is 10.0. The molecule has 0 radical (unpaired) electrons. The van der Waals surface area contributed by atoms with Gasteiger partial charge in [-0.3, -0.25) is 4.57 Å². The molecule has 2 aromatic rings. The molecule has 0 unspecified atom stereocenters. The first-order valence-electron chi connectivity index (χ1n) is 5.37. The lowest BCUT2D eigenvalue weighted by molar-refractivity contribution is 0.374. The molecule has 90 valence electrons. The molecule has 2 heterocycles. The highest BCUT2D eigenvalue weighted by Crippen LogP contribution is 2.31. The molecule has 0 fully saturated rings. The summed E-state index contributed by atoms with van der Waals surface area (Å²) >= 11 is 6.00. The maximum atomic E-state index is 6.00. The number of rotatable bonds is 1. The summed E-state index contributed by atoms with van der Waals surface area (Å²) in [4.78, 5) is 0. The van der Waals surface area contributed by atoms with E-state index in [0.717, 1.165) is 16.7 Å². The highest BCUT2D eigenvalue weighted by molar-refractivity contribution is 6.30. The molecule has 1 aliphatic rings. The van der Waals surface area contributed by atoms with E-state index in [1.807, 2.05) is 30.5 Å². The summed E-state index contributed by atoms with van der Waals surface area (Å²) in [6.07, 6.45) is 3.79. The number of nitrogens with zero attached hydrogens (tertiary/aromatic N) is 3. The molecule has 5 heteroatoms. The van der Waals surface area contributed by atoms with Gasteiger partial charge in [0.1, 0.15) is 0 Å². The predicted molar refractivity (Wildman–Crippen MR) is 71.4 cm³/mol. The second-order valence-electron chi connectivity index (χ2n) is 3.91. The Labute approximate surface area is 109 Å². The highest BCUT2D eigenvalue weighted by atomic mass is 35.5. The fourth-order valence-electron chi connectivity index (χ4n) is 1.98.